The second-order valence-electron chi connectivity index (χ2n) is 8.96. The molecule has 1 atom stereocenters. The van der Waals surface area contributed by atoms with Crippen LogP contribution in [0.15, 0.2) is 24.3 Å². The number of benzene rings is 1. The highest BCUT2D eigenvalue weighted by Crippen LogP contribution is 2.42. The number of likely N-dealkylation sites (tertiary alicyclic amines) is 1. The summed E-state index contributed by atoms with van der Waals surface area (Å²) in [5, 5.41) is 6.26. The third kappa shape index (κ3) is 3.31. The number of carbonyl (C=O) groups excluding carboxylic acids is 3. The van der Waals surface area contributed by atoms with E-state index in [2.05, 4.69) is 10.6 Å². The lowest BCUT2D eigenvalue weighted by Crippen LogP contribution is -2.48. The molecule has 1 spiro atoms. The largest absolute Gasteiger partial charge is 0.345 e. The maximum Gasteiger partial charge on any atom is 0.255 e. The summed E-state index contributed by atoms with van der Waals surface area (Å²) < 4.78 is 0. The van der Waals surface area contributed by atoms with Crippen molar-refractivity contribution in [1.82, 2.24) is 20.4 Å². The summed E-state index contributed by atoms with van der Waals surface area (Å²) >= 11 is 0. The van der Waals surface area contributed by atoms with Gasteiger partial charge in [-0.3, -0.25) is 14.4 Å². The van der Waals surface area contributed by atoms with Crippen LogP contribution < -0.4 is 10.6 Å². The van der Waals surface area contributed by atoms with E-state index in [4.69, 9.17) is 0 Å². The number of nitrogens with one attached hydrogen (secondary N) is 2. The molecular weight excluding hydrogens is 368 g/mol. The molecule has 5 rings (SSSR count). The van der Waals surface area contributed by atoms with Gasteiger partial charge < -0.3 is 20.4 Å². The Labute approximate surface area is 170 Å². The van der Waals surface area contributed by atoms with Crippen LogP contribution in [0.1, 0.15) is 54.1 Å². The van der Waals surface area contributed by atoms with Gasteiger partial charge in [-0.15, -0.1) is 0 Å². The average Bonchev–Trinajstić information content (AvgIpc) is 3.41. The van der Waals surface area contributed by atoms with E-state index < -0.39 is 6.04 Å². The summed E-state index contributed by atoms with van der Waals surface area (Å²) in [7, 11) is 0. The van der Waals surface area contributed by atoms with Crippen LogP contribution in [0.2, 0.25) is 0 Å². The maximum absolute atomic E-state index is 13.0. The van der Waals surface area contributed by atoms with Gasteiger partial charge in [0.25, 0.3) is 5.91 Å². The first kappa shape index (κ1) is 18.6. The molecule has 1 aromatic carbocycles. The Hall–Kier alpha value is -2.41. The molecule has 1 saturated carbocycles. The molecule has 2 saturated heterocycles. The molecule has 0 aromatic heterocycles. The Morgan fingerprint density at radius 3 is 2.59 bits per heavy atom. The zero-order chi connectivity index (χ0) is 20.0. The molecule has 3 heterocycles. The van der Waals surface area contributed by atoms with E-state index in [0.717, 1.165) is 57.4 Å². The molecule has 1 aliphatic carbocycles. The first-order chi connectivity index (χ1) is 14.1. The van der Waals surface area contributed by atoms with Gasteiger partial charge in [0.2, 0.25) is 11.8 Å². The third-order valence-electron chi connectivity index (χ3n) is 7.11. The molecule has 0 bridgehead atoms. The molecule has 4 aliphatic rings. The first-order valence-corrected chi connectivity index (χ1v) is 10.8. The van der Waals surface area contributed by atoms with Gasteiger partial charge in [0.05, 0.1) is 6.54 Å². The quantitative estimate of drug-likeness (QED) is 0.798. The Morgan fingerprint density at radius 2 is 1.90 bits per heavy atom. The van der Waals surface area contributed by atoms with E-state index in [0.29, 0.717) is 11.0 Å². The van der Waals surface area contributed by atoms with Gasteiger partial charge in [-0.05, 0) is 55.7 Å². The zero-order valence-corrected chi connectivity index (χ0v) is 16.7. The number of carbonyl (C=O) groups is 3. The lowest BCUT2D eigenvalue weighted by molar-refractivity contribution is -0.135. The molecule has 3 fully saturated rings. The fraction of sp³-hybridized carbons (Fsp3) is 0.591. The smallest absolute Gasteiger partial charge is 0.255 e. The molecule has 154 valence electrons. The summed E-state index contributed by atoms with van der Waals surface area (Å²) in [4.78, 5) is 42.0. The van der Waals surface area contributed by atoms with Crippen LogP contribution in [-0.2, 0) is 9.59 Å². The Balaban J connectivity index is 1.21. The van der Waals surface area contributed by atoms with E-state index in [1.165, 1.54) is 6.42 Å². The summed E-state index contributed by atoms with van der Waals surface area (Å²) in [6, 6.07) is 6.84. The Morgan fingerprint density at radius 1 is 1.14 bits per heavy atom. The van der Waals surface area contributed by atoms with Crippen LogP contribution in [0.4, 0.5) is 0 Å². The predicted octanol–water partition coefficient (Wildman–Crippen LogP) is 1.06. The summed E-state index contributed by atoms with van der Waals surface area (Å²) in [6.07, 6.45) is 5.12. The number of piperidine rings is 1. The van der Waals surface area contributed by atoms with Crippen molar-refractivity contribution >= 4 is 17.7 Å². The highest BCUT2D eigenvalue weighted by atomic mass is 16.2. The van der Waals surface area contributed by atoms with Gasteiger partial charge in [0, 0.05) is 31.2 Å². The molecule has 3 amide bonds. The van der Waals surface area contributed by atoms with E-state index in [1.807, 2.05) is 23.1 Å². The monoisotopic (exact) mass is 396 g/mol. The predicted molar refractivity (Wildman–Crippen MR) is 107 cm³/mol. The number of amides is 3. The lowest BCUT2D eigenvalue weighted by atomic mass is 9.78. The third-order valence-corrected chi connectivity index (χ3v) is 7.11. The second kappa shape index (κ2) is 7.13. The van der Waals surface area contributed by atoms with E-state index in [-0.39, 0.29) is 30.3 Å². The number of rotatable bonds is 4. The molecule has 0 radical (unpaired) electrons. The lowest BCUT2D eigenvalue weighted by Gasteiger charge is -2.39. The molecular formula is C22H28N4O3. The molecule has 1 aromatic rings. The second-order valence-corrected chi connectivity index (χ2v) is 8.96. The molecule has 7 heteroatoms. The van der Waals surface area contributed by atoms with Crippen LogP contribution in [0.5, 0.6) is 0 Å². The highest BCUT2D eigenvalue weighted by molar-refractivity contribution is 6.05. The SMILES string of the molecule is O=C(NCC(=O)N1CCC2(CCNC2)CC1)C1c2ccccc2C(=O)N1C1CC1. The van der Waals surface area contributed by atoms with Crippen LogP contribution in [0, 0.1) is 5.41 Å². The van der Waals surface area contributed by atoms with Crippen molar-refractivity contribution < 1.29 is 14.4 Å². The van der Waals surface area contributed by atoms with Gasteiger partial charge in [0.1, 0.15) is 6.04 Å². The first-order valence-electron chi connectivity index (χ1n) is 10.8. The van der Waals surface area contributed by atoms with Gasteiger partial charge in [0.15, 0.2) is 0 Å². The van der Waals surface area contributed by atoms with Crippen LogP contribution in [0.3, 0.4) is 0 Å². The number of fused-ring (bicyclic) bond motifs is 1. The zero-order valence-electron chi connectivity index (χ0n) is 16.7. The van der Waals surface area contributed by atoms with Crippen molar-refractivity contribution in [2.75, 3.05) is 32.7 Å². The van der Waals surface area contributed by atoms with Crippen molar-refractivity contribution in [1.29, 1.82) is 0 Å². The van der Waals surface area contributed by atoms with E-state index in [1.54, 1.807) is 11.0 Å². The van der Waals surface area contributed by atoms with Crippen LogP contribution >= 0.6 is 0 Å². The van der Waals surface area contributed by atoms with E-state index >= 15 is 0 Å². The minimum absolute atomic E-state index is 0.00452. The van der Waals surface area contributed by atoms with Gasteiger partial charge >= 0.3 is 0 Å². The van der Waals surface area contributed by atoms with Crippen LogP contribution in [-0.4, -0.2) is 66.3 Å². The standard InChI is InChI=1S/C22H28N4O3/c27-18(25-11-8-22(9-12-25)7-10-23-14-22)13-24-20(28)19-16-3-1-2-4-17(16)21(29)26(19)15-5-6-15/h1-4,15,19,23H,5-14H2,(H,24,28). The molecule has 2 N–H and O–H groups in total. The maximum atomic E-state index is 13.0. The molecule has 3 aliphatic heterocycles. The topological polar surface area (TPSA) is 81.8 Å². The van der Waals surface area contributed by atoms with Crippen molar-refractivity contribution in [3.05, 3.63) is 35.4 Å². The van der Waals surface area contributed by atoms with Crippen LogP contribution in [0.25, 0.3) is 0 Å². The minimum atomic E-state index is -0.617. The van der Waals surface area contributed by atoms with Crippen molar-refractivity contribution in [2.45, 2.75) is 44.2 Å². The number of hydrogen-bond acceptors (Lipinski definition) is 4. The Bertz CT molecular complexity index is 834. The Kier molecular flexibility index (Phi) is 4.57. The van der Waals surface area contributed by atoms with Gasteiger partial charge in [-0.2, -0.15) is 0 Å². The highest BCUT2D eigenvalue weighted by Gasteiger charge is 2.47. The van der Waals surface area contributed by atoms with E-state index in [9.17, 15) is 14.4 Å². The van der Waals surface area contributed by atoms with Crippen molar-refractivity contribution in [3.8, 4) is 0 Å². The fourth-order valence-corrected chi connectivity index (χ4v) is 5.16. The van der Waals surface area contributed by atoms with Gasteiger partial charge in [-0.25, -0.2) is 0 Å². The van der Waals surface area contributed by atoms with Crippen molar-refractivity contribution in [2.24, 2.45) is 5.41 Å². The fourth-order valence-electron chi connectivity index (χ4n) is 5.16. The normalized spacial score (nSPS) is 25.4. The summed E-state index contributed by atoms with van der Waals surface area (Å²) in [5.41, 5.74) is 1.72. The summed E-state index contributed by atoms with van der Waals surface area (Å²) in [6.45, 7) is 3.64. The molecule has 7 nitrogen and oxygen atoms in total. The molecule has 29 heavy (non-hydrogen) atoms. The molecule has 1 unspecified atom stereocenters. The average molecular weight is 396 g/mol. The minimum Gasteiger partial charge on any atom is -0.345 e. The summed E-state index contributed by atoms with van der Waals surface area (Å²) in [5.74, 6) is -0.354. The number of hydrogen-bond donors (Lipinski definition) is 2. The number of nitrogens with zero attached hydrogens (tertiary/aromatic N) is 2. The van der Waals surface area contributed by atoms with Crippen molar-refractivity contribution in [3.63, 3.8) is 0 Å². The van der Waals surface area contributed by atoms with Gasteiger partial charge in [-0.1, -0.05) is 18.2 Å².